The molecule has 172 valence electrons. The maximum absolute atomic E-state index is 13.0. The van der Waals surface area contributed by atoms with Crippen LogP contribution >= 0.6 is 11.3 Å². The molecule has 0 saturated carbocycles. The normalized spacial score (nSPS) is 14.1. The summed E-state index contributed by atoms with van der Waals surface area (Å²) in [6.45, 7) is 6.77. The largest absolute Gasteiger partial charge is 0.462 e. The van der Waals surface area contributed by atoms with Crippen molar-refractivity contribution in [2.45, 2.75) is 20.4 Å². The predicted molar refractivity (Wildman–Crippen MR) is 124 cm³/mol. The summed E-state index contributed by atoms with van der Waals surface area (Å²) in [5.74, 6) is -1.12. The third-order valence-electron chi connectivity index (χ3n) is 5.08. The molecule has 0 atom stereocenters. The van der Waals surface area contributed by atoms with Crippen molar-refractivity contribution in [1.29, 1.82) is 0 Å². The van der Waals surface area contributed by atoms with E-state index in [1.807, 2.05) is 13.0 Å². The molecule has 1 aliphatic heterocycles. The van der Waals surface area contributed by atoms with Crippen molar-refractivity contribution < 1.29 is 23.9 Å². The number of morpholine rings is 1. The highest BCUT2D eigenvalue weighted by Gasteiger charge is 2.31. The first kappa shape index (κ1) is 23.9. The Morgan fingerprint density at radius 1 is 1.22 bits per heavy atom. The summed E-state index contributed by atoms with van der Waals surface area (Å²) in [6, 6.07) is 7.18. The van der Waals surface area contributed by atoms with Gasteiger partial charge in [-0.05, 0) is 26.0 Å². The lowest BCUT2D eigenvalue weighted by Crippen LogP contribution is -2.36. The molecule has 1 saturated heterocycles. The van der Waals surface area contributed by atoms with Gasteiger partial charge in [0.25, 0.3) is 11.8 Å². The van der Waals surface area contributed by atoms with Crippen LogP contribution in [0.1, 0.15) is 48.4 Å². The number of rotatable bonds is 7. The van der Waals surface area contributed by atoms with Gasteiger partial charge < -0.3 is 19.7 Å². The molecule has 9 heteroatoms. The van der Waals surface area contributed by atoms with Gasteiger partial charge in [-0.15, -0.1) is 11.3 Å². The second-order valence-electron chi connectivity index (χ2n) is 7.75. The van der Waals surface area contributed by atoms with E-state index < -0.39 is 5.97 Å². The fourth-order valence-corrected chi connectivity index (χ4v) is 4.66. The van der Waals surface area contributed by atoms with E-state index in [4.69, 9.17) is 9.47 Å². The molecule has 32 heavy (non-hydrogen) atoms. The van der Waals surface area contributed by atoms with E-state index in [-0.39, 0.29) is 24.0 Å². The first-order valence-electron chi connectivity index (χ1n) is 10.5. The molecule has 1 aromatic carbocycles. The zero-order valence-electron chi connectivity index (χ0n) is 18.9. The van der Waals surface area contributed by atoms with Crippen LogP contribution in [0.2, 0.25) is 0 Å². The number of amides is 2. The molecular formula is C23H29N3O5S. The Balaban J connectivity index is 2.05. The van der Waals surface area contributed by atoms with Gasteiger partial charge in [-0.3, -0.25) is 14.5 Å². The fourth-order valence-electron chi connectivity index (χ4n) is 3.44. The van der Waals surface area contributed by atoms with Crippen molar-refractivity contribution >= 4 is 34.1 Å². The van der Waals surface area contributed by atoms with Gasteiger partial charge in [-0.25, -0.2) is 4.79 Å². The van der Waals surface area contributed by atoms with Crippen LogP contribution in [0.15, 0.2) is 24.3 Å². The second-order valence-corrected chi connectivity index (χ2v) is 8.77. The monoisotopic (exact) mass is 459 g/mol. The van der Waals surface area contributed by atoms with E-state index in [1.54, 1.807) is 39.2 Å². The van der Waals surface area contributed by atoms with Gasteiger partial charge in [-0.1, -0.05) is 17.7 Å². The zero-order chi connectivity index (χ0) is 23.3. The average molecular weight is 460 g/mol. The van der Waals surface area contributed by atoms with E-state index in [9.17, 15) is 14.4 Å². The maximum atomic E-state index is 13.0. The Morgan fingerprint density at radius 3 is 2.56 bits per heavy atom. The number of nitrogens with zero attached hydrogens (tertiary/aromatic N) is 2. The molecule has 0 bridgehead atoms. The molecule has 0 aliphatic carbocycles. The minimum Gasteiger partial charge on any atom is -0.462 e. The number of benzene rings is 1. The van der Waals surface area contributed by atoms with E-state index in [1.165, 1.54) is 4.90 Å². The van der Waals surface area contributed by atoms with Crippen LogP contribution in [0.3, 0.4) is 0 Å². The molecular weight excluding hydrogens is 430 g/mol. The van der Waals surface area contributed by atoms with Crippen molar-refractivity contribution in [1.82, 2.24) is 9.80 Å². The lowest BCUT2D eigenvalue weighted by Gasteiger charge is -2.27. The van der Waals surface area contributed by atoms with Crippen molar-refractivity contribution in [3.8, 4) is 0 Å². The molecule has 3 rings (SSSR count). The highest BCUT2D eigenvalue weighted by atomic mass is 32.1. The van der Waals surface area contributed by atoms with Crippen LogP contribution in [0, 0.1) is 6.92 Å². The first-order chi connectivity index (χ1) is 15.3. The number of nitrogens with one attached hydrogen (secondary N) is 1. The van der Waals surface area contributed by atoms with Crippen LogP contribution in [0.5, 0.6) is 0 Å². The lowest BCUT2D eigenvalue weighted by atomic mass is 10.1. The molecule has 1 aliphatic rings. The highest BCUT2D eigenvalue weighted by molar-refractivity contribution is 7.18. The van der Waals surface area contributed by atoms with Crippen LogP contribution < -0.4 is 5.32 Å². The number of anilines is 1. The van der Waals surface area contributed by atoms with Gasteiger partial charge in [0, 0.05) is 44.9 Å². The number of carbonyl (C=O) groups is 3. The van der Waals surface area contributed by atoms with Gasteiger partial charge in [0.1, 0.15) is 5.00 Å². The maximum Gasteiger partial charge on any atom is 0.341 e. The Kier molecular flexibility index (Phi) is 8.00. The standard InChI is InChI=1S/C23H29N3O5S/c1-5-31-23(29)18-17(14-26-9-11-30-12-10-26)19(22(28)25(3)4)32-21(18)24-20(27)16-8-6-7-15(2)13-16/h6-8,13H,5,9-12,14H2,1-4H3,(H,24,27). The minimum absolute atomic E-state index is 0.188. The Hall–Kier alpha value is -2.75. The Labute approximate surface area is 192 Å². The number of ether oxygens (including phenoxy) is 2. The van der Waals surface area contributed by atoms with Gasteiger partial charge in [0.05, 0.1) is 30.3 Å². The summed E-state index contributed by atoms with van der Waals surface area (Å²) < 4.78 is 10.7. The SMILES string of the molecule is CCOC(=O)c1c(NC(=O)c2cccc(C)c2)sc(C(=O)N(C)C)c1CN1CCOCC1. The number of hydrogen-bond donors (Lipinski definition) is 1. The van der Waals surface area contributed by atoms with Crippen molar-refractivity contribution in [3.05, 3.63) is 51.4 Å². The van der Waals surface area contributed by atoms with Gasteiger partial charge in [0.15, 0.2) is 0 Å². The van der Waals surface area contributed by atoms with E-state index in [2.05, 4.69) is 10.2 Å². The number of hydrogen-bond acceptors (Lipinski definition) is 7. The molecule has 1 N–H and O–H groups in total. The Bertz CT molecular complexity index is 996. The molecule has 0 unspecified atom stereocenters. The van der Waals surface area contributed by atoms with Crippen molar-refractivity contribution in [2.24, 2.45) is 0 Å². The van der Waals surface area contributed by atoms with Gasteiger partial charge >= 0.3 is 5.97 Å². The first-order valence-corrected chi connectivity index (χ1v) is 11.4. The van der Waals surface area contributed by atoms with E-state index >= 15 is 0 Å². The van der Waals surface area contributed by atoms with Crippen LogP contribution in [-0.2, 0) is 16.0 Å². The van der Waals surface area contributed by atoms with Gasteiger partial charge in [-0.2, -0.15) is 0 Å². The summed E-state index contributed by atoms with van der Waals surface area (Å²) in [5.41, 5.74) is 2.25. The quantitative estimate of drug-likeness (QED) is 0.641. The number of thiophene rings is 1. The summed E-state index contributed by atoms with van der Waals surface area (Å²) in [7, 11) is 3.32. The summed E-state index contributed by atoms with van der Waals surface area (Å²) >= 11 is 1.11. The van der Waals surface area contributed by atoms with Crippen molar-refractivity contribution in [2.75, 3.05) is 52.3 Å². The van der Waals surface area contributed by atoms with E-state index in [0.717, 1.165) is 16.9 Å². The molecule has 1 fully saturated rings. The molecule has 2 amide bonds. The second kappa shape index (κ2) is 10.7. The van der Waals surface area contributed by atoms with Crippen molar-refractivity contribution in [3.63, 3.8) is 0 Å². The smallest absolute Gasteiger partial charge is 0.341 e. The minimum atomic E-state index is -0.552. The Morgan fingerprint density at radius 2 is 1.94 bits per heavy atom. The molecule has 2 heterocycles. The average Bonchev–Trinajstić information content (AvgIpc) is 3.11. The van der Waals surface area contributed by atoms with E-state index in [0.29, 0.717) is 53.9 Å². The summed E-state index contributed by atoms with van der Waals surface area (Å²) in [5, 5.41) is 3.17. The van der Waals surface area contributed by atoms with Crippen LogP contribution in [0.25, 0.3) is 0 Å². The molecule has 0 radical (unpaired) electrons. The zero-order valence-corrected chi connectivity index (χ0v) is 19.7. The highest BCUT2D eigenvalue weighted by Crippen LogP contribution is 2.36. The third-order valence-corrected chi connectivity index (χ3v) is 6.22. The lowest BCUT2D eigenvalue weighted by molar-refractivity contribution is 0.0336. The number of aryl methyl sites for hydroxylation is 1. The molecule has 0 spiro atoms. The third kappa shape index (κ3) is 5.53. The topological polar surface area (TPSA) is 88.2 Å². The summed E-state index contributed by atoms with van der Waals surface area (Å²) in [4.78, 5) is 42.9. The molecule has 8 nitrogen and oxygen atoms in total. The summed E-state index contributed by atoms with van der Waals surface area (Å²) in [6.07, 6.45) is 0. The molecule has 2 aromatic rings. The number of esters is 1. The number of carbonyl (C=O) groups excluding carboxylic acids is 3. The van der Waals surface area contributed by atoms with Crippen LogP contribution in [-0.4, -0.2) is 74.6 Å². The predicted octanol–water partition coefficient (Wildman–Crippen LogP) is 3.02. The molecule has 1 aromatic heterocycles. The fraction of sp³-hybridized carbons (Fsp3) is 0.435. The van der Waals surface area contributed by atoms with Crippen LogP contribution in [0.4, 0.5) is 5.00 Å². The van der Waals surface area contributed by atoms with Gasteiger partial charge in [0.2, 0.25) is 0 Å².